The van der Waals surface area contributed by atoms with Gasteiger partial charge in [-0.25, -0.2) is 9.69 Å². The van der Waals surface area contributed by atoms with Crippen LogP contribution in [0.1, 0.15) is 72.5 Å². The third-order valence-corrected chi connectivity index (χ3v) is 12.1. The third-order valence-electron chi connectivity index (χ3n) is 12.1. The van der Waals surface area contributed by atoms with Gasteiger partial charge in [0.25, 0.3) is 0 Å². The number of ether oxygens (including phenoxy) is 4. The number of carbonyl (C=O) groups is 4. The summed E-state index contributed by atoms with van der Waals surface area (Å²) in [6.45, 7) is 0.876. The monoisotopic (exact) mass is 787 g/mol. The summed E-state index contributed by atoms with van der Waals surface area (Å²) in [4.78, 5) is 66.0. The number of methoxy groups -OCH3 is 1. The topological polar surface area (TPSA) is 135 Å². The number of carbonyl (C=O) groups excluding carboxylic acids is 4. The number of imide groups is 1. The average molecular weight is 788 g/mol. The van der Waals surface area contributed by atoms with Crippen molar-refractivity contribution in [3.8, 4) is 5.75 Å². The van der Waals surface area contributed by atoms with E-state index in [2.05, 4.69) is 0 Å². The Morgan fingerprint density at radius 1 is 0.741 bits per heavy atom. The van der Waals surface area contributed by atoms with Crippen molar-refractivity contribution >= 4 is 29.6 Å². The number of cyclic esters (lactones) is 1. The van der Waals surface area contributed by atoms with Gasteiger partial charge in [0, 0.05) is 20.2 Å². The largest absolute Gasteiger partial charge is 0.491 e. The molecule has 58 heavy (non-hydrogen) atoms. The van der Waals surface area contributed by atoms with Crippen molar-refractivity contribution in [2.24, 2.45) is 5.92 Å². The molecule has 3 amide bonds. The molecule has 3 fully saturated rings. The normalized spacial score (nSPS) is 25.7. The summed E-state index contributed by atoms with van der Waals surface area (Å²) in [5.74, 6) is -2.42. The minimum atomic E-state index is -1.81. The first kappa shape index (κ1) is 39.3. The van der Waals surface area contributed by atoms with Crippen molar-refractivity contribution in [3.63, 3.8) is 0 Å². The van der Waals surface area contributed by atoms with Crippen LogP contribution in [0.15, 0.2) is 109 Å². The molecule has 4 heterocycles. The zero-order valence-corrected chi connectivity index (χ0v) is 32.6. The number of para-hydroxylation sites is 1. The molecule has 12 heteroatoms. The maximum atomic E-state index is 16.0. The lowest BCUT2D eigenvalue weighted by molar-refractivity contribution is -0.179. The number of benzene rings is 4. The van der Waals surface area contributed by atoms with Gasteiger partial charge >= 0.3 is 12.1 Å². The Balaban J connectivity index is 1.41. The number of fused-ring (bicyclic) bond motifs is 3. The van der Waals surface area contributed by atoms with E-state index in [1.807, 2.05) is 82.6 Å². The number of likely N-dealkylation sites (tertiary alicyclic amines) is 1. The number of nitrogens with zero attached hydrogens (tertiary/aromatic N) is 3. The van der Waals surface area contributed by atoms with Gasteiger partial charge in [-0.1, -0.05) is 110 Å². The number of aliphatic hydroxyl groups is 1. The second-order valence-corrected chi connectivity index (χ2v) is 15.3. The number of hydrogen-bond acceptors (Lipinski definition) is 10. The van der Waals surface area contributed by atoms with E-state index < -0.39 is 53.5 Å². The van der Waals surface area contributed by atoms with E-state index in [1.165, 1.54) is 7.11 Å². The van der Waals surface area contributed by atoms with Gasteiger partial charge in [-0.2, -0.15) is 0 Å². The van der Waals surface area contributed by atoms with Crippen molar-refractivity contribution in [3.05, 3.63) is 131 Å². The Kier molecular flexibility index (Phi) is 11.6. The highest BCUT2D eigenvalue weighted by Gasteiger charge is 2.76. The Hall–Kier alpha value is -5.56. The molecule has 1 N–H and O–H groups in total. The Bertz CT molecular complexity index is 2090. The number of amides is 3. The summed E-state index contributed by atoms with van der Waals surface area (Å²) in [6, 6.07) is 30.6. The first-order valence-corrected chi connectivity index (χ1v) is 20.2. The maximum Gasteiger partial charge on any atom is 0.421 e. The zero-order valence-electron chi connectivity index (χ0n) is 32.6. The molecule has 12 nitrogen and oxygen atoms in total. The molecule has 1 spiro atoms. The number of anilines is 1. The lowest BCUT2D eigenvalue weighted by Crippen LogP contribution is -2.56. The Morgan fingerprint density at radius 2 is 1.38 bits per heavy atom. The van der Waals surface area contributed by atoms with Crippen molar-refractivity contribution in [1.82, 2.24) is 9.80 Å². The van der Waals surface area contributed by atoms with Gasteiger partial charge in [-0.15, -0.1) is 0 Å². The van der Waals surface area contributed by atoms with Crippen molar-refractivity contribution in [2.75, 3.05) is 51.5 Å². The molecule has 4 aliphatic rings. The summed E-state index contributed by atoms with van der Waals surface area (Å²) >= 11 is 0. The zero-order chi connectivity index (χ0) is 40.2. The molecular formula is C46H49N3O9. The fraction of sp³-hybridized carbons (Fsp3) is 0.391. The van der Waals surface area contributed by atoms with Crippen LogP contribution in [0, 0.1) is 5.92 Å². The van der Waals surface area contributed by atoms with Gasteiger partial charge in [-0.3, -0.25) is 19.3 Å². The molecule has 0 saturated carbocycles. The van der Waals surface area contributed by atoms with Gasteiger partial charge in [-0.05, 0) is 53.3 Å². The molecule has 0 aliphatic carbocycles. The van der Waals surface area contributed by atoms with Gasteiger partial charge in [0.05, 0.1) is 36.9 Å². The summed E-state index contributed by atoms with van der Waals surface area (Å²) in [7, 11) is 1.49. The molecule has 302 valence electrons. The summed E-state index contributed by atoms with van der Waals surface area (Å²) < 4.78 is 23.1. The van der Waals surface area contributed by atoms with Crippen LogP contribution in [-0.2, 0) is 34.0 Å². The fourth-order valence-electron chi connectivity index (χ4n) is 9.67. The van der Waals surface area contributed by atoms with E-state index in [1.54, 1.807) is 36.4 Å². The van der Waals surface area contributed by atoms with Crippen LogP contribution in [-0.4, -0.2) is 91.5 Å². The molecule has 3 saturated heterocycles. The van der Waals surface area contributed by atoms with Gasteiger partial charge in [0.2, 0.25) is 11.8 Å². The smallest absolute Gasteiger partial charge is 0.421 e. The van der Waals surface area contributed by atoms with E-state index >= 15 is 14.4 Å². The van der Waals surface area contributed by atoms with Crippen molar-refractivity contribution in [1.29, 1.82) is 0 Å². The minimum Gasteiger partial charge on any atom is -0.491 e. The van der Waals surface area contributed by atoms with E-state index in [-0.39, 0.29) is 38.0 Å². The van der Waals surface area contributed by atoms with Crippen molar-refractivity contribution < 1.29 is 43.2 Å². The second kappa shape index (κ2) is 17.1. The van der Waals surface area contributed by atoms with Crippen LogP contribution in [0.2, 0.25) is 0 Å². The standard InChI is InChI=1S/C46H49N3O9/c1-55-29-30-57-45(54)48-36-20-12-11-19-35(36)46(44(48)53)37(42(51)47-25-13-3-2-4-14-26-47)39-43(52)58-40(32-17-9-6-10-18-32)38(31-15-7-5-8-16-31)49(39)41(46)33-21-23-34(24-22-33)56-28-27-50/h5-12,15-24,37-41,50H,2-4,13-14,25-30H2,1H3. The average Bonchev–Trinajstić information content (AvgIpc) is 3.70. The Labute approximate surface area is 338 Å². The lowest BCUT2D eigenvalue weighted by atomic mass is 9.65. The van der Waals surface area contributed by atoms with E-state index in [0.29, 0.717) is 30.0 Å². The molecule has 8 rings (SSSR count). The number of morpholine rings is 1. The predicted octanol–water partition coefficient (Wildman–Crippen LogP) is 6.30. The minimum absolute atomic E-state index is 0.0833. The van der Waals surface area contributed by atoms with Gasteiger partial charge < -0.3 is 29.0 Å². The van der Waals surface area contributed by atoms with Gasteiger partial charge in [0.1, 0.15) is 36.5 Å². The van der Waals surface area contributed by atoms with E-state index in [4.69, 9.17) is 18.9 Å². The molecule has 6 unspecified atom stereocenters. The second-order valence-electron chi connectivity index (χ2n) is 15.3. The predicted molar refractivity (Wildman–Crippen MR) is 214 cm³/mol. The van der Waals surface area contributed by atoms with Gasteiger partial charge in [0.15, 0.2) is 0 Å². The van der Waals surface area contributed by atoms with Crippen LogP contribution < -0.4 is 9.64 Å². The van der Waals surface area contributed by atoms with E-state index in [0.717, 1.165) is 48.1 Å². The van der Waals surface area contributed by atoms with Crippen LogP contribution in [0.5, 0.6) is 5.75 Å². The van der Waals surface area contributed by atoms with Crippen molar-refractivity contribution in [2.45, 2.75) is 61.7 Å². The molecule has 4 aromatic carbocycles. The first-order chi connectivity index (χ1) is 28.4. The summed E-state index contributed by atoms with van der Waals surface area (Å²) in [5.41, 5.74) is 1.13. The number of hydrogen-bond donors (Lipinski definition) is 1. The number of aliphatic hydroxyl groups excluding tert-OH is 1. The first-order valence-electron chi connectivity index (χ1n) is 20.2. The summed E-state index contributed by atoms with van der Waals surface area (Å²) in [5, 5.41) is 9.49. The summed E-state index contributed by atoms with van der Waals surface area (Å²) in [6.07, 6.45) is 2.84. The molecule has 0 aromatic heterocycles. The third kappa shape index (κ3) is 6.82. The highest BCUT2D eigenvalue weighted by Crippen LogP contribution is 2.66. The van der Waals surface area contributed by atoms with Crippen LogP contribution in [0.3, 0.4) is 0 Å². The molecule has 6 atom stereocenters. The molecule has 0 radical (unpaired) electrons. The number of rotatable bonds is 10. The molecule has 4 aliphatic heterocycles. The maximum absolute atomic E-state index is 16.0. The highest BCUT2D eigenvalue weighted by atomic mass is 16.6. The lowest BCUT2D eigenvalue weighted by Gasteiger charge is -2.46. The SMILES string of the molecule is COCCOC(=O)N1C(=O)C2(c3ccccc31)C(C(=O)N1CCCCCCC1)C1C(=O)OC(c3ccccc3)C(c3ccccc3)N1C2c1ccc(OCCO)cc1. The molecular weight excluding hydrogens is 739 g/mol. The fourth-order valence-corrected chi connectivity index (χ4v) is 9.67. The quantitative estimate of drug-likeness (QED) is 0.144. The van der Waals surface area contributed by atoms with Crippen LogP contribution in [0.4, 0.5) is 10.5 Å². The van der Waals surface area contributed by atoms with Crippen LogP contribution >= 0.6 is 0 Å². The van der Waals surface area contributed by atoms with E-state index in [9.17, 15) is 9.90 Å². The van der Waals surface area contributed by atoms with Crippen LogP contribution in [0.25, 0.3) is 0 Å². The number of esters is 1. The Morgan fingerprint density at radius 3 is 2.05 bits per heavy atom. The molecule has 0 bridgehead atoms. The highest BCUT2D eigenvalue weighted by molar-refractivity contribution is 6.23. The molecule has 4 aromatic rings.